The fraction of sp³-hybridized carbons (Fsp3) is 0.636. The first-order valence-electron chi connectivity index (χ1n) is 5.32. The highest BCUT2D eigenvalue weighted by Gasteiger charge is 2.33. The van der Waals surface area contributed by atoms with Gasteiger partial charge in [0.1, 0.15) is 0 Å². The smallest absolute Gasteiger partial charge is 0.253 e. The predicted molar refractivity (Wildman–Crippen MR) is 63.2 cm³/mol. The van der Waals surface area contributed by atoms with E-state index in [0.29, 0.717) is 0 Å². The first-order chi connectivity index (χ1) is 7.26. The van der Waals surface area contributed by atoms with Crippen LogP contribution in [0.2, 0.25) is 0 Å². The van der Waals surface area contributed by atoms with Crippen LogP contribution in [0.25, 0.3) is 0 Å². The van der Waals surface area contributed by atoms with Crippen LogP contribution in [0.15, 0.2) is 23.4 Å². The van der Waals surface area contributed by atoms with Gasteiger partial charge in [-0.2, -0.15) is 0 Å². The maximum Gasteiger partial charge on any atom is 0.253 e. The molecule has 0 N–H and O–H groups in total. The highest BCUT2D eigenvalue weighted by Crippen LogP contribution is 2.40. The van der Waals surface area contributed by atoms with Crippen molar-refractivity contribution in [2.75, 3.05) is 5.33 Å². The summed E-state index contributed by atoms with van der Waals surface area (Å²) in [7, 11) is 0. The van der Waals surface area contributed by atoms with Gasteiger partial charge in [0, 0.05) is 24.1 Å². The summed E-state index contributed by atoms with van der Waals surface area (Å²) in [5.74, 6) is 0. The quantitative estimate of drug-likeness (QED) is 0.790. The van der Waals surface area contributed by atoms with Crippen molar-refractivity contribution in [2.24, 2.45) is 5.41 Å². The summed E-state index contributed by atoms with van der Waals surface area (Å²) in [6.45, 7) is 0.797. The Bertz CT molecular complexity index is 382. The van der Waals surface area contributed by atoms with Crippen molar-refractivity contribution in [2.45, 2.75) is 32.2 Å². The predicted octanol–water partition coefficient (Wildman–Crippen LogP) is 2.20. The summed E-state index contributed by atoms with van der Waals surface area (Å²) >= 11 is 3.58. The van der Waals surface area contributed by atoms with Gasteiger partial charge in [0.2, 0.25) is 0 Å². The minimum Gasteiger partial charge on any atom is -0.299 e. The first kappa shape index (κ1) is 10.9. The minimum absolute atomic E-state index is 0.0530. The molecule has 0 radical (unpaired) electrons. The minimum atomic E-state index is 0.0530. The van der Waals surface area contributed by atoms with Crippen LogP contribution in [-0.2, 0) is 6.54 Å². The van der Waals surface area contributed by atoms with E-state index in [-0.39, 0.29) is 11.0 Å². The third-order valence-electron chi connectivity index (χ3n) is 3.25. The summed E-state index contributed by atoms with van der Waals surface area (Å²) in [6, 6.07) is 1.52. The molecule has 0 saturated heterocycles. The molecule has 0 amide bonds. The number of nitrogens with zero attached hydrogens (tertiary/aromatic N) is 2. The summed E-state index contributed by atoms with van der Waals surface area (Å²) < 4.78 is 1.73. The van der Waals surface area contributed by atoms with E-state index in [1.807, 2.05) is 0 Å². The van der Waals surface area contributed by atoms with Gasteiger partial charge in [-0.05, 0) is 18.3 Å². The van der Waals surface area contributed by atoms with E-state index >= 15 is 0 Å². The van der Waals surface area contributed by atoms with Crippen LogP contribution >= 0.6 is 15.9 Å². The number of rotatable bonds is 3. The normalized spacial score (nSPS) is 19.3. The Labute approximate surface area is 97.7 Å². The van der Waals surface area contributed by atoms with E-state index in [0.717, 1.165) is 11.9 Å². The zero-order valence-corrected chi connectivity index (χ0v) is 10.2. The van der Waals surface area contributed by atoms with E-state index < -0.39 is 0 Å². The molecule has 3 nitrogen and oxygen atoms in total. The lowest BCUT2D eigenvalue weighted by molar-refractivity contribution is 0.286. The highest BCUT2D eigenvalue weighted by atomic mass is 79.9. The molecule has 1 aromatic heterocycles. The Morgan fingerprint density at radius 2 is 2.20 bits per heavy atom. The molecule has 1 aliphatic carbocycles. The van der Waals surface area contributed by atoms with Crippen LogP contribution < -0.4 is 5.56 Å². The standard InChI is InChI=1S/C11H15BrN2O/c12-7-11(4-1-2-5-11)8-14-9-13-6-3-10(14)15/h3,6,9H,1-2,4-5,7-8H2. The number of hydrogen-bond acceptors (Lipinski definition) is 2. The van der Waals surface area contributed by atoms with E-state index in [1.165, 1.54) is 31.7 Å². The van der Waals surface area contributed by atoms with Crippen molar-refractivity contribution in [3.8, 4) is 0 Å². The monoisotopic (exact) mass is 270 g/mol. The van der Waals surface area contributed by atoms with Crippen LogP contribution in [0.3, 0.4) is 0 Å². The van der Waals surface area contributed by atoms with Crippen LogP contribution in [0.5, 0.6) is 0 Å². The lowest BCUT2D eigenvalue weighted by Gasteiger charge is -2.26. The molecule has 1 fully saturated rings. The van der Waals surface area contributed by atoms with Crippen LogP contribution in [0.1, 0.15) is 25.7 Å². The molecular weight excluding hydrogens is 256 g/mol. The summed E-state index contributed by atoms with van der Waals surface area (Å²) in [6.07, 6.45) is 8.17. The number of alkyl halides is 1. The van der Waals surface area contributed by atoms with E-state index in [9.17, 15) is 4.79 Å². The van der Waals surface area contributed by atoms with Gasteiger partial charge in [0.05, 0.1) is 6.33 Å². The fourth-order valence-corrected chi connectivity index (χ4v) is 3.06. The average molecular weight is 271 g/mol. The van der Waals surface area contributed by atoms with Gasteiger partial charge < -0.3 is 0 Å². The Kier molecular flexibility index (Phi) is 3.24. The van der Waals surface area contributed by atoms with Crippen molar-refractivity contribution in [3.63, 3.8) is 0 Å². The van der Waals surface area contributed by atoms with Gasteiger partial charge in [-0.25, -0.2) is 4.98 Å². The van der Waals surface area contributed by atoms with E-state index in [4.69, 9.17) is 0 Å². The third-order valence-corrected chi connectivity index (χ3v) is 4.44. The van der Waals surface area contributed by atoms with E-state index in [2.05, 4.69) is 20.9 Å². The zero-order valence-electron chi connectivity index (χ0n) is 8.66. The number of aromatic nitrogens is 2. The molecule has 1 saturated carbocycles. The van der Waals surface area contributed by atoms with Crippen molar-refractivity contribution in [1.29, 1.82) is 0 Å². The van der Waals surface area contributed by atoms with Gasteiger partial charge in [0.25, 0.3) is 5.56 Å². The zero-order chi connectivity index (χ0) is 10.7. The topological polar surface area (TPSA) is 34.9 Å². The Morgan fingerprint density at radius 3 is 2.80 bits per heavy atom. The van der Waals surface area contributed by atoms with Crippen molar-refractivity contribution in [1.82, 2.24) is 9.55 Å². The lowest BCUT2D eigenvalue weighted by Crippen LogP contribution is -2.31. The molecular formula is C11H15BrN2O. The van der Waals surface area contributed by atoms with E-state index in [1.54, 1.807) is 17.1 Å². The SMILES string of the molecule is O=c1ccncn1CC1(CBr)CCCC1. The maximum absolute atomic E-state index is 11.6. The summed E-state index contributed by atoms with van der Waals surface area (Å²) in [5, 5.41) is 0.974. The van der Waals surface area contributed by atoms with Gasteiger partial charge in [0.15, 0.2) is 0 Å². The van der Waals surface area contributed by atoms with Gasteiger partial charge in [-0.1, -0.05) is 28.8 Å². The molecule has 0 aromatic carbocycles. The first-order valence-corrected chi connectivity index (χ1v) is 6.44. The molecule has 0 bridgehead atoms. The number of hydrogen-bond donors (Lipinski definition) is 0. The molecule has 82 valence electrons. The van der Waals surface area contributed by atoms with Crippen molar-refractivity contribution >= 4 is 15.9 Å². The van der Waals surface area contributed by atoms with Crippen molar-refractivity contribution in [3.05, 3.63) is 28.9 Å². The van der Waals surface area contributed by atoms with Crippen LogP contribution in [-0.4, -0.2) is 14.9 Å². The van der Waals surface area contributed by atoms with Crippen molar-refractivity contribution < 1.29 is 0 Å². The van der Waals surface area contributed by atoms with Gasteiger partial charge in [-0.3, -0.25) is 9.36 Å². The molecule has 0 aliphatic heterocycles. The largest absolute Gasteiger partial charge is 0.299 e. The fourth-order valence-electron chi connectivity index (χ4n) is 2.32. The second-order valence-electron chi connectivity index (χ2n) is 4.39. The number of halogens is 1. The average Bonchev–Trinajstić information content (AvgIpc) is 2.71. The maximum atomic E-state index is 11.6. The molecule has 2 rings (SSSR count). The Hall–Kier alpha value is -0.640. The molecule has 4 heteroatoms. The Balaban J connectivity index is 2.20. The molecule has 1 heterocycles. The summed E-state index contributed by atoms with van der Waals surface area (Å²) in [5.41, 5.74) is 0.324. The second-order valence-corrected chi connectivity index (χ2v) is 4.95. The Morgan fingerprint density at radius 1 is 1.47 bits per heavy atom. The molecule has 0 unspecified atom stereocenters. The third kappa shape index (κ3) is 2.30. The highest BCUT2D eigenvalue weighted by molar-refractivity contribution is 9.09. The molecule has 1 aliphatic rings. The molecule has 15 heavy (non-hydrogen) atoms. The molecule has 1 aromatic rings. The van der Waals surface area contributed by atoms with Crippen LogP contribution in [0, 0.1) is 5.41 Å². The van der Waals surface area contributed by atoms with Gasteiger partial charge >= 0.3 is 0 Å². The van der Waals surface area contributed by atoms with Crippen LogP contribution in [0.4, 0.5) is 0 Å². The molecule has 0 spiro atoms. The summed E-state index contributed by atoms with van der Waals surface area (Å²) in [4.78, 5) is 15.6. The van der Waals surface area contributed by atoms with Gasteiger partial charge in [-0.15, -0.1) is 0 Å². The lowest BCUT2D eigenvalue weighted by atomic mass is 9.89. The second kappa shape index (κ2) is 4.47. The molecule has 0 atom stereocenters.